The molecule has 4 aromatic rings. The molecule has 6 nitrogen and oxygen atoms in total. The highest BCUT2D eigenvalue weighted by atomic mass is 35.5. The smallest absolute Gasteiger partial charge is 0.325 e. The normalized spacial score (nSPS) is 14.4. The maximum Gasteiger partial charge on any atom is 0.329 e. The maximum absolute atomic E-state index is 13.4. The van der Waals surface area contributed by atoms with Crippen LogP contribution in [0.1, 0.15) is 45.0 Å². The molecule has 0 aliphatic heterocycles. The van der Waals surface area contributed by atoms with Crippen LogP contribution in [0.5, 0.6) is 0 Å². The molecule has 0 N–H and O–H groups in total. The summed E-state index contributed by atoms with van der Waals surface area (Å²) in [6, 6.07) is 9.66. The molecule has 0 spiro atoms. The maximum atomic E-state index is 13.4. The van der Waals surface area contributed by atoms with E-state index in [-0.39, 0.29) is 11.7 Å². The minimum atomic E-state index is -0.0333. The lowest BCUT2D eigenvalue weighted by Crippen LogP contribution is -2.25. The van der Waals surface area contributed by atoms with Crippen molar-refractivity contribution < 1.29 is 0 Å². The SMILES string of the molecule is CC(C)CCn1c(Cn2c(=O)n(C3CC3)c3c(Cl)cccc32)nc2nc(Cl)ccc21. The fourth-order valence-electron chi connectivity index (χ4n) is 4.04. The largest absolute Gasteiger partial charge is 0.329 e. The second-order valence-corrected chi connectivity index (χ2v) is 9.21. The molecule has 0 bridgehead atoms. The first-order valence-corrected chi connectivity index (χ1v) is 11.1. The third-order valence-corrected chi connectivity index (χ3v) is 6.25. The van der Waals surface area contributed by atoms with Crippen molar-refractivity contribution in [2.45, 2.75) is 52.2 Å². The summed E-state index contributed by atoms with van der Waals surface area (Å²) in [5, 5.41) is 1.02. The third-order valence-electron chi connectivity index (χ3n) is 5.73. The van der Waals surface area contributed by atoms with Gasteiger partial charge in [0.1, 0.15) is 11.0 Å². The fraction of sp³-hybridized carbons (Fsp3) is 0.409. The van der Waals surface area contributed by atoms with Gasteiger partial charge in [-0.3, -0.25) is 9.13 Å². The van der Waals surface area contributed by atoms with Gasteiger partial charge in [0.15, 0.2) is 5.65 Å². The van der Waals surface area contributed by atoms with E-state index in [1.54, 1.807) is 10.6 Å². The number of nitrogens with zero attached hydrogens (tertiary/aromatic N) is 5. The summed E-state index contributed by atoms with van der Waals surface area (Å²) in [7, 11) is 0. The lowest BCUT2D eigenvalue weighted by atomic mass is 10.1. The first-order valence-electron chi connectivity index (χ1n) is 10.3. The molecule has 1 aliphatic rings. The summed E-state index contributed by atoms with van der Waals surface area (Å²) in [6.45, 7) is 5.57. The van der Waals surface area contributed by atoms with Crippen LogP contribution in [0, 0.1) is 5.92 Å². The molecule has 0 saturated heterocycles. The van der Waals surface area contributed by atoms with Crippen LogP contribution < -0.4 is 5.69 Å². The van der Waals surface area contributed by atoms with Crippen molar-refractivity contribution in [3.8, 4) is 0 Å². The van der Waals surface area contributed by atoms with Gasteiger partial charge in [-0.2, -0.15) is 0 Å². The highest BCUT2D eigenvalue weighted by molar-refractivity contribution is 6.35. The summed E-state index contributed by atoms with van der Waals surface area (Å²) in [5.41, 5.74) is 3.17. The molecular weight excluding hydrogens is 421 g/mol. The first kappa shape index (κ1) is 19.6. The molecule has 0 amide bonds. The van der Waals surface area contributed by atoms with E-state index in [0.717, 1.165) is 48.2 Å². The zero-order valence-electron chi connectivity index (χ0n) is 17.0. The van der Waals surface area contributed by atoms with Crippen molar-refractivity contribution in [1.29, 1.82) is 0 Å². The van der Waals surface area contributed by atoms with Crippen LogP contribution in [-0.2, 0) is 13.1 Å². The van der Waals surface area contributed by atoms with Gasteiger partial charge < -0.3 is 4.57 Å². The van der Waals surface area contributed by atoms with Gasteiger partial charge in [-0.15, -0.1) is 0 Å². The Balaban J connectivity index is 1.67. The van der Waals surface area contributed by atoms with E-state index in [1.807, 2.05) is 28.8 Å². The minimum Gasteiger partial charge on any atom is -0.325 e. The monoisotopic (exact) mass is 443 g/mol. The van der Waals surface area contributed by atoms with E-state index < -0.39 is 0 Å². The van der Waals surface area contributed by atoms with Crippen molar-refractivity contribution in [3.05, 3.63) is 56.8 Å². The van der Waals surface area contributed by atoms with Gasteiger partial charge in [-0.1, -0.05) is 43.1 Å². The van der Waals surface area contributed by atoms with E-state index in [1.165, 1.54) is 0 Å². The molecule has 3 heterocycles. The van der Waals surface area contributed by atoms with Crippen LogP contribution in [0.15, 0.2) is 35.1 Å². The summed E-state index contributed by atoms with van der Waals surface area (Å²) in [6.07, 6.45) is 3.03. The standard InChI is InChI=1S/C22H23Cl2N5O/c1-13(2)10-11-27-17-8-9-18(24)25-21(17)26-19(27)12-28-16-5-3-4-15(23)20(16)29(22(28)30)14-6-7-14/h3-5,8-9,13-14H,6-7,10-12H2,1-2H3. The lowest BCUT2D eigenvalue weighted by Gasteiger charge is -2.11. The molecule has 8 heteroatoms. The first-order chi connectivity index (χ1) is 14.4. The third kappa shape index (κ3) is 3.32. The van der Waals surface area contributed by atoms with E-state index in [2.05, 4.69) is 23.4 Å². The summed E-state index contributed by atoms with van der Waals surface area (Å²) in [4.78, 5) is 22.5. The number of benzene rings is 1. The zero-order valence-corrected chi connectivity index (χ0v) is 18.5. The van der Waals surface area contributed by atoms with Crippen LogP contribution in [0.2, 0.25) is 10.2 Å². The van der Waals surface area contributed by atoms with Crippen molar-refractivity contribution in [2.75, 3.05) is 0 Å². The van der Waals surface area contributed by atoms with Gasteiger partial charge in [0.05, 0.1) is 28.1 Å². The minimum absolute atomic E-state index is 0.0333. The van der Waals surface area contributed by atoms with E-state index in [0.29, 0.717) is 28.3 Å². The van der Waals surface area contributed by atoms with Crippen LogP contribution in [-0.4, -0.2) is 23.7 Å². The number of hydrogen-bond acceptors (Lipinski definition) is 3. The predicted molar refractivity (Wildman–Crippen MR) is 121 cm³/mol. The summed E-state index contributed by atoms with van der Waals surface area (Å²) >= 11 is 12.6. The van der Waals surface area contributed by atoms with Crippen molar-refractivity contribution >= 4 is 45.4 Å². The van der Waals surface area contributed by atoms with Gasteiger partial charge in [-0.05, 0) is 49.4 Å². The number of imidazole rings is 2. The van der Waals surface area contributed by atoms with Gasteiger partial charge in [0.2, 0.25) is 0 Å². The number of hydrogen-bond donors (Lipinski definition) is 0. The number of fused-ring (bicyclic) bond motifs is 2. The lowest BCUT2D eigenvalue weighted by molar-refractivity contribution is 0.506. The Labute approximate surface area is 184 Å². The predicted octanol–water partition coefficient (Wildman–Crippen LogP) is 5.28. The summed E-state index contributed by atoms with van der Waals surface area (Å²) < 4.78 is 5.80. The average Bonchev–Trinajstić information content (AvgIpc) is 3.42. The molecular formula is C22H23Cl2N5O. The Hall–Kier alpha value is -2.31. The van der Waals surface area contributed by atoms with Gasteiger partial charge in [0, 0.05) is 12.6 Å². The van der Waals surface area contributed by atoms with E-state index in [9.17, 15) is 4.79 Å². The topological polar surface area (TPSA) is 57.6 Å². The highest BCUT2D eigenvalue weighted by Crippen LogP contribution is 2.38. The Morgan fingerprint density at radius 3 is 2.60 bits per heavy atom. The molecule has 0 atom stereocenters. The number of para-hydroxylation sites is 1. The van der Waals surface area contributed by atoms with E-state index in [4.69, 9.17) is 28.2 Å². The molecule has 5 rings (SSSR count). The Morgan fingerprint density at radius 2 is 1.87 bits per heavy atom. The van der Waals surface area contributed by atoms with E-state index >= 15 is 0 Å². The molecule has 1 fully saturated rings. The highest BCUT2D eigenvalue weighted by Gasteiger charge is 2.30. The van der Waals surface area contributed by atoms with Gasteiger partial charge in [-0.25, -0.2) is 14.8 Å². The quantitative estimate of drug-likeness (QED) is 0.380. The Kier molecular flexibility index (Phi) is 4.86. The molecule has 1 aliphatic carbocycles. The molecule has 3 aromatic heterocycles. The zero-order chi connectivity index (χ0) is 21.0. The average molecular weight is 444 g/mol. The van der Waals surface area contributed by atoms with Crippen LogP contribution in [0.25, 0.3) is 22.2 Å². The Bertz CT molecular complexity index is 1310. The van der Waals surface area contributed by atoms with Crippen molar-refractivity contribution in [3.63, 3.8) is 0 Å². The number of aromatic nitrogens is 5. The van der Waals surface area contributed by atoms with Crippen LogP contribution >= 0.6 is 23.2 Å². The number of rotatable bonds is 6. The van der Waals surface area contributed by atoms with Crippen molar-refractivity contribution in [1.82, 2.24) is 23.7 Å². The van der Waals surface area contributed by atoms with Crippen LogP contribution in [0.4, 0.5) is 0 Å². The molecule has 0 radical (unpaired) electrons. The molecule has 156 valence electrons. The molecule has 0 unspecified atom stereocenters. The second kappa shape index (κ2) is 7.43. The number of pyridine rings is 1. The molecule has 1 saturated carbocycles. The molecule has 30 heavy (non-hydrogen) atoms. The Morgan fingerprint density at radius 1 is 1.07 bits per heavy atom. The number of halogens is 2. The van der Waals surface area contributed by atoms with Crippen LogP contribution in [0.3, 0.4) is 0 Å². The van der Waals surface area contributed by atoms with Crippen molar-refractivity contribution in [2.24, 2.45) is 5.92 Å². The second-order valence-electron chi connectivity index (χ2n) is 8.42. The summed E-state index contributed by atoms with van der Waals surface area (Å²) in [5.74, 6) is 1.35. The van der Waals surface area contributed by atoms with Gasteiger partial charge in [0.25, 0.3) is 0 Å². The van der Waals surface area contributed by atoms with Gasteiger partial charge >= 0.3 is 5.69 Å². The fourth-order valence-corrected chi connectivity index (χ4v) is 4.45. The molecule has 1 aromatic carbocycles. The number of aryl methyl sites for hydroxylation is 1.